The highest BCUT2D eigenvalue weighted by atomic mass is 35.5. The van der Waals surface area contributed by atoms with Crippen molar-refractivity contribution in [3.05, 3.63) is 51.2 Å². The summed E-state index contributed by atoms with van der Waals surface area (Å²) in [5, 5.41) is 7.21. The first-order valence-corrected chi connectivity index (χ1v) is 11.1. The zero-order chi connectivity index (χ0) is 22.0. The van der Waals surface area contributed by atoms with Gasteiger partial charge in [-0.2, -0.15) is 0 Å². The first-order chi connectivity index (χ1) is 14.9. The molecule has 8 nitrogen and oxygen atoms in total. The minimum Gasteiger partial charge on any atom is -0.378 e. The Labute approximate surface area is 189 Å². The molecule has 1 aliphatic rings. The predicted molar refractivity (Wildman–Crippen MR) is 124 cm³/mol. The molecule has 3 aromatic rings. The summed E-state index contributed by atoms with van der Waals surface area (Å²) < 4.78 is 5.42. The summed E-state index contributed by atoms with van der Waals surface area (Å²) in [6.45, 7) is 8.50. The largest absolute Gasteiger partial charge is 0.378 e. The molecule has 3 heterocycles. The van der Waals surface area contributed by atoms with Gasteiger partial charge in [0.15, 0.2) is 5.13 Å². The number of halogens is 1. The third kappa shape index (κ3) is 4.95. The van der Waals surface area contributed by atoms with Crippen LogP contribution >= 0.6 is 22.9 Å². The molecule has 4 rings (SSSR count). The number of nitrogens with one attached hydrogen (secondary N) is 2. The van der Waals surface area contributed by atoms with Crippen LogP contribution in [-0.2, 0) is 4.74 Å². The van der Waals surface area contributed by atoms with E-state index in [4.69, 9.17) is 16.3 Å². The smallest absolute Gasteiger partial charge is 0.267 e. The average molecular weight is 459 g/mol. The lowest BCUT2D eigenvalue weighted by Crippen LogP contribution is -2.36. The molecular weight excluding hydrogens is 436 g/mol. The molecule has 1 amide bonds. The Hall–Kier alpha value is -2.75. The highest BCUT2D eigenvalue weighted by Crippen LogP contribution is 2.30. The van der Waals surface area contributed by atoms with Crippen molar-refractivity contribution in [3.63, 3.8) is 0 Å². The summed E-state index contributed by atoms with van der Waals surface area (Å²) in [7, 11) is 0. The number of nitrogens with zero attached hydrogens (tertiary/aromatic N) is 4. The van der Waals surface area contributed by atoms with Gasteiger partial charge in [0.25, 0.3) is 5.91 Å². The van der Waals surface area contributed by atoms with Crippen molar-refractivity contribution in [2.45, 2.75) is 20.8 Å². The standard InChI is InChI=1S/C21H23ClN6O2S/c1-12-5-4-6-15(22)18(12)27-20(29)19-13(2)23-21(31-19)26-16-11-17(25-14(3)24-16)28-7-9-30-10-8-28/h4-6,11H,7-10H2,1-3H3,(H,27,29)(H,23,24,25,26). The summed E-state index contributed by atoms with van der Waals surface area (Å²) >= 11 is 7.51. The zero-order valence-electron chi connectivity index (χ0n) is 17.5. The van der Waals surface area contributed by atoms with Crippen LogP contribution in [0.2, 0.25) is 5.02 Å². The van der Waals surface area contributed by atoms with Crippen LogP contribution in [0.3, 0.4) is 0 Å². The molecule has 162 valence electrons. The third-order valence-corrected chi connectivity index (χ3v) is 6.24. The Bertz CT molecular complexity index is 1090. The second-order valence-corrected chi connectivity index (χ2v) is 8.61. The van der Waals surface area contributed by atoms with Crippen molar-refractivity contribution < 1.29 is 9.53 Å². The zero-order valence-corrected chi connectivity index (χ0v) is 19.1. The van der Waals surface area contributed by atoms with Gasteiger partial charge in [0, 0.05) is 19.2 Å². The SMILES string of the molecule is Cc1nc(Nc2nc(C)c(C(=O)Nc3c(C)cccc3Cl)s2)cc(N2CCOCC2)n1. The molecule has 31 heavy (non-hydrogen) atoms. The summed E-state index contributed by atoms with van der Waals surface area (Å²) in [5.74, 6) is 1.90. The topological polar surface area (TPSA) is 92.3 Å². The van der Waals surface area contributed by atoms with Crippen molar-refractivity contribution in [3.8, 4) is 0 Å². The number of para-hydroxylation sites is 1. The average Bonchev–Trinajstić information content (AvgIpc) is 3.11. The predicted octanol–water partition coefficient (Wildman–Crippen LogP) is 4.34. The number of hydrogen-bond acceptors (Lipinski definition) is 8. The fourth-order valence-corrected chi connectivity index (χ4v) is 4.44. The third-order valence-electron chi connectivity index (χ3n) is 4.86. The molecule has 1 fully saturated rings. The maximum atomic E-state index is 12.8. The number of aromatic nitrogens is 3. The molecule has 1 aromatic carbocycles. The Balaban J connectivity index is 1.53. The number of amides is 1. The molecule has 10 heteroatoms. The van der Waals surface area contributed by atoms with Gasteiger partial charge in [-0.05, 0) is 32.4 Å². The summed E-state index contributed by atoms with van der Waals surface area (Å²) in [6, 6.07) is 7.39. The highest BCUT2D eigenvalue weighted by molar-refractivity contribution is 7.17. The van der Waals surface area contributed by atoms with E-state index < -0.39 is 0 Å². The molecule has 1 aliphatic heterocycles. The maximum absolute atomic E-state index is 12.8. The first-order valence-electron chi connectivity index (χ1n) is 9.90. The van der Waals surface area contributed by atoms with Gasteiger partial charge in [-0.15, -0.1) is 0 Å². The van der Waals surface area contributed by atoms with Crippen molar-refractivity contribution in [2.24, 2.45) is 0 Å². The Morgan fingerprint density at radius 3 is 2.68 bits per heavy atom. The van der Waals surface area contributed by atoms with Crippen molar-refractivity contribution in [1.29, 1.82) is 0 Å². The number of anilines is 4. The van der Waals surface area contributed by atoms with E-state index in [9.17, 15) is 4.79 Å². The number of carbonyl (C=O) groups is 1. The van der Waals surface area contributed by atoms with Crippen LogP contribution < -0.4 is 15.5 Å². The molecule has 2 N–H and O–H groups in total. The number of aryl methyl sites for hydroxylation is 3. The number of thiazole rings is 1. The van der Waals surface area contributed by atoms with Gasteiger partial charge in [0.1, 0.15) is 22.3 Å². The molecule has 0 spiro atoms. The van der Waals surface area contributed by atoms with Gasteiger partial charge in [0.05, 0.1) is 29.6 Å². The van der Waals surface area contributed by atoms with Gasteiger partial charge in [0.2, 0.25) is 0 Å². The lowest BCUT2D eigenvalue weighted by molar-refractivity contribution is 0.102. The molecule has 0 atom stereocenters. The minimum atomic E-state index is -0.243. The normalized spacial score (nSPS) is 13.9. The second kappa shape index (κ2) is 9.17. The molecule has 2 aromatic heterocycles. The quantitative estimate of drug-likeness (QED) is 0.587. The van der Waals surface area contributed by atoms with Crippen LogP contribution in [0.25, 0.3) is 0 Å². The number of rotatable bonds is 5. The van der Waals surface area contributed by atoms with E-state index in [1.54, 1.807) is 13.0 Å². The maximum Gasteiger partial charge on any atom is 0.267 e. The summed E-state index contributed by atoms with van der Waals surface area (Å²) in [4.78, 5) is 29.0. The van der Waals surface area contributed by atoms with Crippen LogP contribution in [0, 0.1) is 20.8 Å². The molecule has 1 saturated heterocycles. The molecule has 0 aliphatic carbocycles. The fraction of sp³-hybridized carbons (Fsp3) is 0.333. The van der Waals surface area contributed by atoms with Gasteiger partial charge < -0.3 is 20.3 Å². The van der Waals surface area contributed by atoms with Crippen LogP contribution in [0.15, 0.2) is 24.3 Å². The highest BCUT2D eigenvalue weighted by Gasteiger charge is 2.19. The van der Waals surface area contributed by atoms with Crippen LogP contribution in [0.1, 0.15) is 26.8 Å². The first kappa shape index (κ1) is 21.5. The Morgan fingerprint density at radius 2 is 1.94 bits per heavy atom. The monoisotopic (exact) mass is 458 g/mol. The summed E-state index contributed by atoms with van der Waals surface area (Å²) in [5.41, 5.74) is 2.14. The molecule has 0 unspecified atom stereocenters. The van der Waals surface area contributed by atoms with E-state index in [-0.39, 0.29) is 5.91 Å². The number of ether oxygens (including phenoxy) is 1. The fourth-order valence-electron chi connectivity index (χ4n) is 3.30. The lowest BCUT2D eigenvalue weighted by atomic mass is 10.2. The lowest BCUT2D eigenvalue weighted by Gasteiger charge is -2.28. The molecular formula is C21H23ClN6O2S. The second-order valence-electron chi connectivity index (χ2n) is 7.20. The van der Waals surface area contributed by atoms with Crippen molar-refractivity contribution in [2.75, 3.05) is 41.8 Å². The number of hydrogen-bond donors (Lipinski definition) is 2. The van der Waals surface area contributed by atoms with Crippen molar-refractivity contribution >= 4 is 51.3 Å². The number of benzene rings is 1. The van der Waals surface area contributed by atoms with Gasteiger partial charge in [-0.1, -0.05) is 35.1 Å². The van der Waals surface area contributed by atoms with Crippen LogP contribution in [0.5, 0.6) is 0 Å². The van der Waals surface area contributed by atoms with Gasteiger partial charge in [-0.3, -0.25) is 4.79 Å². The van der Waals surface area contributed by atoms with E-state index in [0.717, 1.165) is 24.5 Å². The number of morpholine rings is 1. The van der Waals surface area contributed by atoms with Crippen LogP contribution in [-0.4, -0.2) is 47.2 Å². The minimum absolute atomic E-state index is 0.243. The van der Waals surface area contributed by atoms with E-state index in [2.05, 4.69) is 30.5 Å². The van der Waals surface area contributed by atoms with E-state index >= 15 is 0 Å². The van der Waals surface area contributed by atoms with Gasteiger partial charge >= 0.3 is 0 Å². The molecule has 0 saturated carbocycles. The Kier molecular flexibility index (Phi) is 6.35. The van der Waals surface area contributed by atoms with E-state index in [1.807, 2.05) is 32.0 Å². The molecule has 0 radical (unpaired) electrons. The van der Waals surface area contributed by atoms with Gasteiger partial charge in [-0.25, -0.2) is 15.0 Å². The molecule has 0 bridgehead atoms. The Morgan fingerprint density at radius 1 is 1.16 bits per heavy atom. The van der Waals surface area contributed by atoms with Crippen molar-refractivity contribution in [1.82, 2.24) is 15.0 Å². The van der Waals surface area contributed by atoms with Crippen LogP contribution in [0.4, 0.5) is 22.5 Å². The summed E-state index contributed by atoms with van der Waals surface area (Å²) in [6.07, 6.45) is 0. The van der Waals surface area contributed by atoms with E-state index in [0.29, 0.717) is 51.3 Å². The van der Waals surface area contributed by atoms with E-state index in [1.165, 1.54) is 11.3 Å². The number of carbonyl (C=O) groups excluding carboxylic acids is 1.